The summed E-state index contributed by atoms with van der Waals surface area (Å²) in [6.07, 6.45) is 10.4. The van der Waals surface area contributed by atoms with Crippen LogP contribution in [0.4, 0.5) is 8.78 Å². The lowest BCUT2D eigenvalue weighted by Gasteiger charge is -2.39. The van der Waals surface area contributed by atoms with Crippen LogP contribution in [0.5, 0.6) is 0 Å². The first-order chi connectivity index (χ1) is 10.7. The Balaban J connectivity index is 3.22. The number of rotatable bonds is 6. The Morgan fingerprint density at radius 1 is 1.39 bits per heavy atom. The minimum Gasteiger partial charge on any atom is -0.201 e. The van der Waals surface area contributed by atoms with E-state index >= 15 is 0 Å². The number of hydrogen-bond acceptors (Lipinski definition) is 1. The van der Waals surface area contributed by atoms with Gasteiger partial charge in [-0.2, -0.15) is 12.6 Å². The average molecular weight is 341 g/mol. The van der Waals surface area contributed by atoms with Crippen LogP contribution in [0.1, 0.15) is 53.4 Å². The predicted molar refractivity (Wildman–Crippen MR) is 100 cm³/mol. The van der Waals surface area contributed by atoms with Gasteiger partial charge in [0.2, 0.25) is 0 Å². The molecule has 3 heteroatoms. The Hall–Kier alpha value is -0.830. The predicted octanol–water partition coefficient (Wildman–Crippen LogP) is 6.77. The molecule has 1 fully saturated rings. The van der Waals surface area contributed by atoms with Gasteiger partial charge in [-0.1, -0.05) is 58.6 Å². The fraction of sp³-hybridized carbons (Fsp3) is 0.600. The Bertz CT molecular complexity index is 498. The van der Waals surface area contributed by atoms with Crippen molar-refractivity contribution in [3.8, 4) is 0 Å². The minimum absolute atomic E-state index is 0.00875. The maximum absolute atomic E-state index is 14.5. The molecule has 0 bridgehead atoms. The third-order valence-electron chi connectivity index (χ3n) is 4.45. The molecule has 0 heterocycles. The van der Waals surface area contributed by atoms with E-state index in [1.807, 2.05) is 32.9 Å². The van der Waals surface area contributed by atoms with Crippen molar-refractivity contribution in [3.05, 3.63) is 47.6 Å². The quantitative estimate of drug-likeness (QED) is 0.400. The molecule has 0 radical (unpaired) electrons. The van der Waals surface area contributed by atoms with E-state index in [4.69, 9.17) is 0 Å². The van der Waals surface area contributed by atoms with Gasteiger partial charge in [0.1, 0.15) is 0 Å². The molecular weight excluding hydrogens is 310 g/mol. The summed E-state index contributed by atoms with van der Waals surface area (Å²) in [7, 11) is 0. The lowest BCUT2D eigenvalue weighted by Crippen LogP contribution is -2.36. The Morgan fingerprint density at radius 3 is 2.57 bits per heavy atom. The summed E-state index contributed by atoms with van der Waals surface area (Å²) in [6.45, 7) is 11.8. The third-order valence-corrected chi connectivity index (χ3v) is 4.66. The molecule has 0 aromatic heterocycles. The van der Waals surface area contributed by atoms with Gasteiger partial charge < -0.3 is 0 Å². The summed E-state index contributed by atoms with van der Waals surface area (Å²) in [6, 6.07) is 0. The van der Waals surface area contributed by atoms with Gasteiger partial charge in [-0.15, -0.1) is 0 Å². The molecular formula is C20H30F2S. The van der Waals surface area contributed by atoms with E-state index in [9.17, 15) is 8.78 Å². The molecule has 0 nitrogen and oxygen atoms in total. The van der Waals surface area contributed by atoms with E-state index in [1.54, 1.807) is 0 Å². The van der Waals surface area contributed by atoms with Gasteiger partial charge in [-0.05, 0) is 42.2 Å². The first kappa shape index (κ1) is 20.2. The van der Waals surface area contributed by atoms with Crippen LogP contribution in [0.3, 0.4) is 0 Å². The molecule has 1 aliphatic rings. The van der Waals surface area contributed by atoms with Gasteiger partial charge >= 0.3 is 0 Å². The van der Waals surface area contributed by atoms with Crippen molar-refractivity contribution in [1.82, 2.24) is 0 Å². The smallest absolute Gasteiger partial charge is 0.201 e. The molecule has 23 heavy (non-hydrogen) atoms. The van der Waals surface area contributed by atoms with Gasteiger partial charge in [0.05, 0.1) is 0 Å². The minimum atomic E-state index is -2.84. The van der Waals surface area contributed by atoms with Crippen LogP contribution in [0.25, 0.3) is 0 Å². The van der Waals surface area contributed by atoms with Crippen LogP contribution < -0.4 is 0 Å². The molecule has 0 aromatic rings. The van der Waals surface area contributed by atoms with Gasteiger partial charge in [0, 0.05) is 17.2 Å². The molecule has 0 N–H and O–H groups in total. The summed E-state index contributed by atoms with van der Waals surface area (Å²) in [5.41, 5.74) is 1.73. The summed E-state index contributed by atoms with van der Waals surface area (Å²) < 4.78 is 29.0. The summed E-state index contributed by atoms with van der Waals surface area (Å²) in [5.74, 6) is -2.95. The molecule has 1 aliphatic carbocycles. The van der Waals surface area contributed by atoms with Crippen LogP contribution in [0, 0.1) is 11.8 Å². The molecule has 0 spiro atoms. The zero-order chi connectivity index (χ0) is 17.6. The van der Waals surface area contributed by atoms with Crippen LogP contribution in [-0.4, -0.2) is 11.2 Å². The molecule has 0 saturated heterocycles. The first-order valence-corrected chi connectivity index (χ1v) is 9.08. The number of hydrogen-bond donors (Lipinski definition) is 1. The van der Waals surface area contributed by atoms with Gasteiger partial charge in [0.15, 0.2) is 0 Å². The second-order valence-electron chi connectivity index (χ2n) is 6.45. The molecule has 1 rings (SSSR count). The van der Waals surface area contributed by atoms with Crippen molar-refractivity contribution < 1.29 is 8.78 Å². The molecule has 0 aliphatic heterocycles. The second-order valence-corrected chi connectivity index (χ2v) is 7.33. The monoisotopic (exact) mass is 340 g/mol. The number of thiol groups is 1. The van der Waals surface area contributed by atoms with Crippen molar-refractivity contribution in [2.24, 2.45) is 11.8 Å². The van der Waals surface area contributed by atoms with Gasteiger partial charge in [-0.3, -0.25) is 0 Å². The van der Waals surface area contributed by atoms with Crippen LogP contribution in [-0.2, 0) is 0 Å². The standard InChI is InChI=1S/C20H30F2S/c1-6-8-10-17(9-7-2)19-13-20(21,22)16(5)18(15(19)4)12-11-14(3)23/h8-10,12,14-15,19,23H,5-7,11,13H2,1-4H3/b10-8-,17-9+,18-12-. The number of alkyl halides is 2. The SMILES string of the molecule is C=C1/C(=C\CC(C)S)C(C)C(C(/C=C\CC)=C/CC)CC1(F)F. The second kappa shape index (κ2) is 8.86. The molecule has 3 atom stereocenters. The first-order valence-electron chi connectivity index (χ1n) is 8.56. The van der Waals surface area contributed by atoms with E-state index in [-0.39, 0.29) is 29.1 Å². The highest BCUT2D eigenvalue weighted by molar-refractivity contribution is 7.80. The topological polar surface area (TPSA) is 0 Å². The van der Waals surface area contributed by atoms with E-state index in [0.717, 1.165) is 18.4 Å². The molecule has 0 aromatic carbocycles. The van der Waals surface area contributed by atoms with Crippen LogP contribution in [0.2, 0.25) is 0 Å². The summed E-state index contributed by atoms with van der Waals surface area (Å²) in [4.78, 5) is 0. The van der Waals surface area contributed by atoms with Crippen LogP contribution >= 0.6 is 12.6 Å². The maximum Gasteiger partial charge on any atom is 0.273 e. The highest BCUT2D eigenvalue weighted by Gasteiger charge is 2.46. The molecule has 3 unspecified atom stereocenters. The Kier molecular flexibility index (Phi) is 7.79. The summed E-state index contributed by atoms with van der Waals surface area (Å²) >= 11 is 4.36. The number of allylic oxidation sites excluding steroid dienone is 7. The normalized spacial score (nSPS) is 28.6. The lowest BCUT2D eigenvalue weighted by molar-refractivity contribution is 0.00416. The average Bonchev–Trinajstić information content (AvgIpc) is 2.47. The lowest BCUT2D eigenvalue weighted by atomic mass is 9.69. The fourth-order valence-corrected chi connectivity index (χ4v) is 3.23. The zero-order valence-corrected chi connectivity index (χ0v) is 15.7. The number of halogens is 2. The highest BCUT2D eigenvalue weighted by Crippen LogP contribution is 2.49. The van der Waals surface area contributed by atoms with Crippen molar-refractivity contribution >= 4 is 12.6 Å². The molecule has 1 saturated carbocycles. The van der Waals surface area contributed by atoms with E-state index in [2.05, 4.69) is 38.3 Å². The fourth-order valence-electron chi connectivity index (χ4n) is 3.12. The summed E-state index contributed by atoms with van der Waals surface area (Å²) in [5, 5.41) is 0.155. The zero-order valence-electron chi connectivity index (χ0n) is 14.8. The van der Waals surface area contributed by atoms with Crippen molar-refractivity contribution in [1.29, 1.82) is 0 Å². The highest BCUT2D eigenvalue weighted by atomic mass is 32.1. The van der Waals surface area contributed by atoms with Crippen molar-refractivity contribution in [2.45, 2.75) is 64.6 Å². The van der Waals surface area contributed by atoms with E-state index in [0.29, 0.717) is 12.0 Å². The van der Waals surface area contributed by atoms with E-state index < -0.39 is 5.92 Å². The van der Waals surface area contributed by atoms with Crippen LogP contribution in [0.15, 0.2) is 47.6 Å². The largest absolute Gasteiger partial charge is 0.273 e. The maximum atomic E-state index is 14.5. The van der Waals surface area contributed by atoms with Gasteiger partial charge in [-0.25, -0.2) is 8.78 Å². The Labute approximate surface area is 145 Å². The molecule has 0 amide bonds. The Morgan fingerprint density at radius 2 is 2.04 bits per heavy atom. The third kappa shape index (κ3) is 5.34. The molecule has 130 valence electrons. The van der Waals surface area contributed by atoms with Crippen molar-refractivity contribution in [3.63, 3.8) is 0 Å². The van der Waals surface area contributed by atoms with E-state index in [1.165, 1.54) is 0 Å². The van der Waals surface area contributed by atoms with Crippen molar-refractivity contribution in [2.75, 3.05) is 0 Å². The van der Waals surface area contributed by atoms with Gasteiger partial charge in [0.25, 0.3) is 5.92 Å².